The number of ether oxygens (including phenoxy) is 2. The molecule has 0 bridgehead atoms. The first-order chi connectivity index (χ1) is 10.2. The third kappa shape index (κ3) is 4.30. The minimum Gasteiger partial charge on any atom is -0.497 e. The molecular formula is C14H19N5O2. The van der Waals surface area contributed by atoms with Crippen LogP contribution in [0.3, 0.4) is 0 Å². The van der Waals surface area contributed by atoms with E-state index >= 15 is 0 Å². The number of nitrogen functional groups attached to an aromatic ring is 1. The average Bonchev–Trinajstić information content (AvgIpc) is 2.53. The Bertz CT molecular complexity index is 591. The Morgan fingerprint density at radius 1 is 1.14 bits per heavy atom. The first-order valence-corrected chi connectivity index (χ1v) is 6.45. The highest BCUT2D eigenvalue weighted by atomic mass is 16.5. The molecule has 1 heterocycles. The van der Waals surface area contributed by atoms with Gasteiger partial charge in [0.05, 0.1) is 7.11 Å². The maximum absolute atomic E-state index is 5.40. The Morgan fingerprint density at radius 3 is 2.67 bits per heavy atom. The highest BCUT2D eigenvalue weighted by Gasteiger charge is 2.04. The second kappa shape index (κ2) is 7.41. The van der Waals surface area contributed by atoms with Crippen molar-refractivity contribution in [1.29, 1.82) is 0 Å². The zero-order chi connectivity index (χ0) is 15.1. The minimum atomic E-state index is 0.323. The van der Waals surface area contributed by atoms with E-state index in [1.165, 1.54) is 0 Å². The maximum atomic E-state index is 5.40. The molecule has 7 nitrogen and oxygen atoms in total. The van der Waals surface area contributed by atoms with E-state index in [9.17, 15) is 0 Å². The van der Waals surface area contributed by atoms with Gasteiger partial charge in [-0.05, 0) is 17.7 Å². The summed E-state index contributed by atoms with van der Waals surface area (Å²) in [5.74, 6) is 7.99. The molecule has 0 aliphatic rings. The number of nitrogens with one attached hydrogen (secondary N) is 2. The van der Waals surface area contributed by atoms with Crippen LogP contribution in [0.1, 0.15) is 11.4 Å². The molecule has 0 radical (unpaired) electrons. The lowest BCUT2D eigenvalue weighted by atomic mass is 10.2. The van der Waals surface area contributed by atoms with Gasteiger partial charge in [0, 0.05) is 19.7 Å². The number of nitrogens with zero attached hydrogens (tertiary/aromatic N) is 2. The van der Waals surface area contributed by atoms with Gasteiger partial charge in [-0.15, -0.1) is 0 Å². The van der Waals surface area contributed by atoms with Crippen molar-refractivity contribution in [3.8, 4) is 5.75 Å². The fourth-order valence-corrected chi connectivity index (χ4v) is 1.83. The smallest absolute Gasteiger partial charge is 0.158 e. The molecule has 4 N–H and O–H groups in total. The summed E-state index contributed by atoms with van der Waals surface area (Å²) in [4.78, 5) is 8.55. The number of aromatic nitrogens is 2. The summed E-state index contributed by atoms with van der Waals surface area (Å²) in [7, 11) is 3.24. The predicted molar refractivity (Wildman–Crippen MR) is 80.9 cm³/mol. The van der Waals surface area contributed by atoms with E-state index in [-0.39, 0.29) is 0 Å². The molecule has 1 aromatic carbocycles. The molecule has 2 rings (SSSR count). The molecule has 0 unspecified atom stereocenters. The van der Waals surface area contributed by atoms with Gasteiger partial charge in [0.2, 0.25) is 0 Å². The van der Waals surface area contributed by atoms with Gasteiger partial charge in [0.25, 0.3) is 0 Å². The molecule has 112 valence electrons. The van der Waals surface area contributed by atoms with Crippen LogP contribution in [0.25, 0.3) is 0 Å². The van der Waals surface area contributed by atoms with E-state index in [0.29, 0.717) is 30.6 Å². The van der Waals surface area contributed by atoms with Crippen molar-refractivity contribution in [2.75, 3.05) is 25.0 Å². The molecule has 0 saturated heterocycles. The van der Waals surface area contributed by atoms with Gasteiger partial charge in [0.15, 0.2) is 5.82 Å². The van der Waals surface area contributed by atoms with Gasteiger partial charge >= 0.3 is 0 Å². The second-order valence-corrected chi connectivity index (χ2v) is 4.34. The number of nitrogens with two attached hydrogens (primary N) is 1. The van der Waals surface area contributed by atoms with Crippen LogP contribution >= 0.6 is 0 Å². The van der Waals surface area contributed by atoms with Crippen LogP contribution in [0, 0.1) is 0 Å². The Morgan fingerprint density at radius 2 is 1.95 bits per heavy atom. The minimum absolute atomic E-state index is 0.323. The van der Waals surface area contributed by atoms with Crippen LogP contribution in [0.4, 0.5) is 11.6 Å². The van der Waals surface area contributed by atoms with Crippen molar-refractivity contribution in [2.45, 2.75) is 13.2 Å². The molecule has 0 amide bonds. The standard InChI is InChI=1S/C14H19N5O2/c1-20-9-14-17-12(7-13(18-14)19-15)16-8-10-4-3-5-11(6-10)21-2/h3-7H,8-9,15H2,1-2H3,(H2,16,17,18,19). The van der Waals surface area contributed by atoms with Crippen molar-refractivity contribution in [2.24, 2.45) is 5.84 Å². The first kappa shape index (κ1) is 15.0. The predicted octanol–water partition coefficient (Wildman–Crippen LogP) is 1.53. The largest absolute Gasteiger partial charge is 0.497 e. The topological polar surface area (TPSA) is 94.3 Å². The van der Waals surface area contributed by atoms with Crippen LogP contribution in [-0.2, 0) is 17.9 Å². The van der Waals surface area contributed by atoms with Crippen molar-refractivity contribution in [3.05, 3.63) is 41.7 Å². The van der Waals surface area contributed by atoms with E-state index < -0.39 is 0 Å². The number of methoxy groups -OCH3 is 2. The summed E-state index contributed by atoms with van der Waals surface area (Å²) in [6, 6.07) is 9.56. The Labute approximate surface area is 123 Å². The molecule has 0 spiro atoms. The normalized spacial score (nSPS) is 10.2. The second-order valence-electron chi connectivity index (χ2n) is 4.34. The van der Waals surface area contributed by atoms with E-state index in [4.69, 9.17) is 15.3 Å². The summed E-state index contributed by atoms with van der Waals surface area (Å²) in [6.45, 7) is 0.938. The summed E-state index contributed by atoms with van der Waals surface area (Å²) >= 11 is 0. The summed E-state index contributed by atoms with van der Waals surface area (Å²) in [5, 5.41) is 3.23. The van der Waals surface area contributed by atoms with Crippen LogP contribution < -0.4 is 21.3 Å². The van der Waals surface area contributed by atoms with Crippen molar-refractivity contribution < 1.29 is 9.47 Å². The zero-order valence-corrected chi connectivity index (χ0v) is 12.1. The molecule has 0 saturated carbocycles. The molecule has 0 aliphatic heterocycles. The van der Waals surface area contributed by atoms with E-state index in [2.05, 4.69) is 20.7 Å². The molecular weight excluding hydrogens is 270 g/mol. The first-order valence-electron chi connectivity index (χ1n) is 6.45. The zero-order valence-electron chi connectivity index (χ0n) is 12.1. The number of anilines is 2. The highest BCUT2D eigenvalue weighted by Crippen LogP contribution is 2.15. The van der Waals surface area contributed by atoms with Crippen molar-refractivity contribution >= 4 is 11.6 Å². The van der Waals surface area contributed by atoms with Gasteiger partial charge in [-0.25, -0.2) is 15.8 Å². The molecule has 0 fully saturated rings. The fraction of sp³-hybridized carbons (Fsp3) is 0.286. The monoisotopic (exact) mass is 289 g/mol. The van der Waals surface area contributed by atoms with Gasteiger partial charge in [-0.1, -0.05) is 12.1 Å². The quantitative estimate of drug-likeness (QED) is 0.525. The van der Waals surface area contributed by atoms with Crippen LogP contribution in [-0.4, -0.2) is 24.2 Å². The third-order valence-electron chi connectivity index (χ3n) is 2.80. The number of hydrogen-bond acceptors (Lipinski definition) is 7. The number of hydrogen-bond donors (Lipinski definition) is 3. The Balaban J connectivity index is 2.09. The number of rotatable bonds is 7. The lowest BCUT2D eigenvalue weighted by Gasteiger charge is -2.10. The Kier molecular flexibility index (Phi) is 5.30. The van der Waals surface area contributed by atoms with E-state index in [0.717, 1.165) is 11.3 Å². The third-order valence-corrected chi connectivity index (χ3v) is 2.80. The lowest BCUT2D eigenvalue weighted by molar-refractivity contribution is 0.178. The Hall–Kier alpha value is -2.38. The summed E-state index contributed by atoms with van der Waals surface area (Å²) in [6.07, 6.45) is 0. The van der Waals surface area contributed by atoms with Gasteiger partial charge in [0.1, 0.15) is 24.0 Å². The van der Waals surface area contributed by atoms with E-state index in [1.54, 1.807) is 20.3 Å². The van der Waals surface area contributed by atoms with E-state index in [1.807, 2.05) is 24.3 Å². The average molecular weight is 289 g/mol. The molecule has 21 heavy (non-hydrogen) atoms. The van der Waals surface area contributed by atoms with Gasteiger partial charge < -0.3 is 20.2 Å². The van der Waals surface area contributed by atoms with Crippen LogP contribution in [0.15, 0.2) is 30.3 Å². The molecule has 0 aliphatic carbocycles. The molecule has 2 aromatic rings. The maximum Gasteiger partial charge on any atom is 0.158 e. The molecule has 0 atom stereocenters. The summed E-state index contributed by atoms with van der Waals surface area (Å²) in [5.41, 5.74) is 3.60. The van der Waals surface area contributed by atoms with Crippen LogP contribution in [0.5, 0.6) is 5.75 Å². The number of benzene rings is 1. The summed E-state index contributed by atoms with van der Waals surface area (Å²) < 4.78 is 10.2. The molecule has 7 heteroatoms. The van der Waals surface area contributed by atoms with Gasteiger partial charge in [-0.3, -0.25) is 0 Å². The van der Waals surface area contributed by atoms with Gasteiger partial charge in [-0.2, -0.15) is 0 Å². The fourth-order valence-electron chi connectivity index (χ4n) is 1.83. The van der Waals surface area contributed by atoms with Crippen LogP contribution in [0.2, 0.25) is 0 Å². The lowest BCUT2D eigenvalue weighted by Crippen LogP contribution is -2.12. The highest BCUT2D eigenvalue weighted by molar-refractivity contribution is 5.47. The van der Waals surface area contributed by atoms with Crippen molar-refractivity contribution in [3.63, 3.8) is 0 Å². The number of hydrazine groups is 1. The SMILES string of the molecule is COCc1nc(NN)cc(NCc2cccc(OC)c2)n1. The van der Waals surface area contributed by atoms with Crippen molar-refractivity contribution in [1.82, 2.24) is 9.97 Å². The molecule has 1 aromatic heterocycles.